The molecule has 0 spiro atoms. The molecule has 0 saturated carbocycles. The Balaban J connectivity index is 0.998. The summed E-state index contributed by atoms with van der Waals surface area (Å²) in [7, 11) is 0. The maximum absolute atomic E-state index is 2.54. The number of fused-ring (bicyclic) bond motifs is 8. The van der Waals surface area contributed by atoms with Crippen molar-refractivity contribution in [3.05, 3.63) is 268 Å². The van der Waals surface area contributed by atoms with E-state index in [-0.39, 0.29) is 5.41 Å². The van der Waals surface area contributed by atoms with Gasteiger partial charge in [-0.3, -0.25) is 0 Å². The van der Waals surface area contributed by atoms with Crippen molar-refractivity contribution in [2.45, 2.75) is 37.5 Å². The highest BCUT2D eigenvalue weighted by Crippen LogP contribution is 2.58. The molecular weight excluding hydrogens is 809 g/mol. The van der Waals surface area contributed by atoms with Gasteiger partial charge in [0.2, 0.25) is 0 Å². The first-order chi connectivity index (χ1) is 33.0. The minimum absolute atomic E-state index is 0.143. The summed E-state index contributed by atoms with van der Waals surface area (Å²) in [6.07, 6.45) is 6.98. The third-order valence-electron chi connectivity index (χ3n) is 15.2. The van der Waals surface area contributed by atoms with Crippen LogP contribution in [0.4, 0.5) is 28.4 Å². The number of para-hydroxylation sites is 3. The first kappa shape index (κ1) is 39.4. The predicted molar refractivity (Wildman–Crippen MR) is 283 cm³/mol. The zero-order chi connectivity index (χ0) is 44.7. The maximum atomic E-state index is 2.54. The number of aryl methyl sites for hydroxylation is 1. The summed E-state index contributed by atoms with van der Waals surface area (Å²) in [5.41, 5.74) is 19.8. The second-order valence-corrected chi connectivity index (χ2v) is 19.1. The second-order valence-electron chi connectivity index (χ2n) is 19.1. The normalized spacial score (nSPS) is 15.3. The minimum atomic E-state index is -0.529. The number of anilines is 5. The van der Waals surface area contributed by atoms with Crippen LogP contribution in [0.25, 0.3) is 44.8 Å². The van der Waals surface area contributed by atoms with Gasteiger partial charge in [0.1, 0.15) is 0 Å². The van der Waals surface area contributed by atoms with Crippen LogP contribution in [0.1, 0.15) is 70.3 Å². The molecule has 0 aromatic heterocycles. The molecule has 0 saturated heterocycles. The van der Waals surface area contributed by atoms with Crippen LogP contribution in [0.2, 0.25) is 0 Å². The number of hydrogen-bond donors (Lipinski definition) is 0. The van der Waals surface area contributed by atoms with E-state index in [4.69, 9.17) is 0 Å². The Labute approximate surface area is 393 Å². The Bertz CT molecular complexity index is 3450. The maximum Gasteiger partial charge on any atom is 0.0714 e. The smallest absolute Gasteiger partial charge is 0.0714 e. The molecule has 0 radical (unpaired) electrons. The number of hydrogen-bond acceptors (Lipinski definition) is 2. The van der Waals surface area contributed by atoms with E-state index in [9.17, 15) is 0 Å². The van der Waals surface area contributed by atoms with Crippen LogP contribution in [0.3, 0.4) is 0 Å². The summed E-state index contributed by atoms with van der Waals surface area (Å²) >= 11 is 0. The number of benzene rings is 10. The summed E-state index contributed by atoms with van der Waals surface area (Å²) in [6.45, 7) is 5.72. The van der Waals surface area contributed by atoms with Gasteiger partial charge >= 0.3 is 0 Å². The van der Waals surface area contributed by atoms with Crippen molar-refractivity contribution < 1.29 is 0 Å². The van der Waals surface area contributed by atoms with Gasteiger partial charge in [-0.25, -0.2) is 0 Å². The molecule has 67 heavy (non-hydrogen) atoms. The molecular formula is C65H50N2. The summed E-state index contributed by atoms with van der Waals surface area (Å²) in [5.74, 6) is 0. The van der Waals surface area contributed by atoms with Crippen molar-refractivity contribution >= 4 is 62.1 Å². The van der Waals surface area contributed by atoms with Gasteiger partial charge in [-0.1, -0.05) is 208 Å². The third kappa shape index (κ3) is 5.89. The van der Waals surface area contributed by atoms with Crippen molar-refractivity contribution in [3.8, 4) is 11.1 Å². The van der Waals surface area contributed by atoms with Gasteiger partial charge in [0.15, 0.2) is 0 Å². The highest BCUT2D eigenvalue weighted by Gasteiger charge is 2.47. The summed E-state index contributed by atoms with van der Waals surface area (Å²) < 4.78 is 0. The fourth-order valence-corrected chi connectivity index (χ4v) is 12.2. The van der Waals surface area contributed by atoms with Crippen LogP contribution < -0.4 is 9.80 Å². The fraction of sp³-hybridized carbons (Fsp3) is 0.108. The van der Waals surface area contributed by atoms with E-state index in [2.05, 4.69) is 254 Å². The molecule has 2 aliphatic heterocycles. The molecule has 0 amide bonds. The van der Waals surface area contributed by atoms with E-state index in [1.54, 1.807) is 0 Å². The van der Waals surface area contributed by atoms with E-state index in [1.807, 2.05) is 0 Å². The average Bonchev–Trinajstić information content (AvgIpc) is 3.68. The SMILES string of the molecule is CC1(C)c2ccccc2N(c2c3ccccc3c(/C=C/c3ccc4c(c3)C(c3ccccc3)(c3ccccc3)c3cc(N5CCCc6ccccc65)ccc3-4)c3ccccc23)c2ccccc21. The third-order valence-corrected chi connectivity index (χ3v) is 15.2. The first-order valence-electron chi connectivity index (χ1n) is 23.9. The van der Waals surface area contributed by atoms with Crippen LogP contribution >= 0.6 is 0 Å². The molecule has 2 nitrogen and oxygen atoms in total. The predicted octanol–water partition coefficient (Wildman–Crippen LogP) is 16.7. The molecule has 10 aromatic rings. The van der Waals surface area contributed by atoms with Crippen LogP contribution in [0, 0.1) is 0 Å². The van der Waals surface area contributed by atoms with E-state index in [0.29, 0.717) is 0 Å². The van der Waals surface area contributed by atoms with Gasteiger partial charge in [-0.15, -0.1) is 0 Å². The summed E-state index contributed by atoms with van der Waals surface area (Å²) in [5, 5.41) is 4.92. The Morgan fingerprint density at radius 2 is 0.940 bits per heavy atom. The molecule has 0 atom stereocenters. The van der Waals surface area contributed by atoms with Gasteiger partial charge in [0.05, 0.1) is 22.5 Å². The van der Waals surface area contributed by atoms with Crippen LogP contribution in [-0.4, -0.2) is 6.54 Å². The molecule has 0 bridgehead atoms. The monoisotopic (exact) mass is 858 g/mol. The lowest BCUT2D eigenvalue weighted by Gasteiger charge is -2.42. The molecule has 320 valence electrons. The lowest BCUT2D eigenvalue weighted by atomic mass is 9.67. The van der Waals surface area contributed by atoms with Gasteiger partial charge in [0.25, 0.3) is 0 Å². The van der Waals surface area contributed by atoms with Crippen molar-refractivity contribution in [3.63, 3.8) is 0 Å². The number of nitrogens with zero attached hydrogens (tertiary/aromatic N) is 2. The zero-order valence-electron chi connectivity index (χ0n) is 38.0. The highest BCUT2D eigenvalue weighted by atomic mass is 15.2. The molecule has 2 heteroatoms. The van der Waals surface area contributed by atoms with Crippen LogP contribution in [-0.2, 0) is 17.3 Å². The van der Waals surface area contributed by atoms with E-state index in [1.165, 1.54) is 111 Å². The molecule has 3 aliphatic rings. The highest BCUT2D eigenvalue weighted by molar-refractivity contribution is 6.19. The lowest BCUT2D eigenvalue weighted by Crippen LogP contribution is -2.30. The Morgan fingerprint density at radius 1 is 0.433 bits per heavy atom. The quantitative estimate of drug-likeness (QED) is 0.121. The molecule has 10 aromatic carbocycles. The Kier molecular flexibility index (Phi) is 9.02. The van der Waals surface area contributed by atoms with Gasteiger partial charge in [-0.2, -0.15) is 0 Å². The molecule has 0 N–H and O–H groups in total. The van der Waals surface area contributed by atoms with Gasteiger partial charge < -0.3 is 9.80 Å². The largest absolute Gasteiger partial charge is 0.341 e. The van der Waals surface area contributed by atoms with Gasteiger partial charge in [0, 0.05) is 34.1 Å². The van der Waals surface area contributed by atoms with Crippen molar-refractivity contribution in [2.75, 3.05) is 16.3 Å². The van der Waals surface area contributed by atoms with Crippen LogP contribution in [0.5, 0.6) is 0 Å². The summed E-state index contributed by atoms with van der Waals surface area (Å²) in [4.78, 5) is 5.08. The average molecular weight is 859 g/mol. The molecule has 0 unspecified atom stereocenters. The van der Waals surface area contributed by atoms with Gasteiger partial charge in [-0.05, 0) is 121 Å². The van der Waals surface area contributed by atoms with Crippen molar-refractivity contribution in [2.24, 2.45) is 0 Å². The molecule has 2 heterocycles. The topological polar surface area (TPSA) is 6.48 Å². The van der Waals surface area contributed by atoms with E-state index in [0.717, 1.165) is 19.4 Å². The lowest BCUT2D eigenvalue weighted by molar-refractivity contribution is 0.632. The summed E-state index contributed by atoms with van der Waals surface area (Å²) in [6, 6.07) is 81.8. The second kappa shape index (κ2) is 15.3. The first-order valence-corrected chi connectivity index (χ1v) is 23.9. The zero-order valence-corrected chi connectivity index (χ0v) is 38.0. The molecule has 0 fully saturated rings. The van der Waals surface area contributed by atoms with Crippen molar-refractivity contribution in [1.82, 2.24) is 0 Å². The standard InChI is InChI=1S/C65H50N2/c1-64(2)56-30-14-17-33-61(56)67(62-34-18-15-31-57(62)64)63-54-28-12-10-26-49(54)51(50-27-11-13-29-55(50)63)38-35-44-36-39-52-53-40-37-48(66-41-19-21-45-20-9-16-32-60(45)66)43-59(53)65(58(52)42-44,46-22-5-3-6-23-46)47-24-7-4-8-25-47/h3-18,20,22-40,42-43H,19,21,41H2,1-2H3/b38-35+. The number of rotatable bonds is 6. The Hall–Kier alpha value is -7.94. The molecule has 1 aliphatic carbocycles. The fourth-order valence-electron chi connectivity index (χ4n) is 12.2. The van der Waals surface area contributed by atoms with E-state index < -0.39 is 5.41 Å². The van der Waals surface area contributed by atoms with Crippen LogP contribution in [0.15, 0.2) is 218 Å². The van der Waals surface area contributed by atoms with Crippen molar-refractivity contribution in [1.29, 1.82) is 0 Å². The Morgan fingerprint density at radius 3 is 1.57 bits per heavy atom. The minimum Gasteiger partial charge on any atom is -0.341 e. The molecule has 13 rings (SSSR count). The van der Waals surface area contributed by atoms with E-state index >= 15 is 0 Å².